The molecule has 1 saturated heterocycles. The van der Waals surface area contributed by atoms with Crippen LogP contribution >= 0.6 is 11.6 Å². The molecule has 1 aromatic carbocycles. The number of nitrogens with zero attached hydrogens (tertiary/aromatic N) is 2. The Morgan fingerprint density at radius 1 is 1.42 bits per heavy atom. The number of likely N-dealkylation sites (N-methyl/N-ethyl adjacent to an activating group) is 1. The van der Waals surface area contributed by atoms with Gasteiger partial charge in [0, 0.05) is 18.6 Å². The lowest BCUT2D eigenvalue weighted by molar-refractivity contribution is -0.145. The monoisotopic (exact) mass is 354 g/mol. The maximum atomic E-state index is 12.8. The maximum absolute atomic E-state index is 12.8. The first-order chi connectivity index (χ1) is 11.3. The van der Waals surface area contributed by atoms with Gasteiger partial charge in [0.25, 0.3) is 5.91 Å². The molecular formula is C16H19ClN2O5. The van der Waals surface area contributed by atoms with E-state index in [-0.39, 0.29) is 17.4 Å². The van der Waals surface area contributed by atoms with Crippen LogP contribution in [0.3, 0.4) is 0 Å². The fourth-order valence-corrected chi connectivity index (χ4v) is 2.98. The summed E-state index contributed by atoms with van der Waals surface area (Å²) in [6.45, 7) is 0.0175. The number of carbonyl (C=O) groups is 3. The summed E-state index contributed by atoms with van der Waals surface area (Å²) in [5.41, 5.74) is 0.283. The Hall–Kier alpha value is -2.28. The molecule has 130 valence electrons. The Bertz CT molecular complexity index is 664. The van der Waals surface area contributed by atoms with E-state index in [4.69, 9.17) is 21.4 Å². The Kier molecular flexibility index (Phi) is 5.66. The van der Waals surface area contributed by atoms with Crippen molar-refractivity contribution in [3.05, 3.63) is 28.8 Å². The zero-order chi connectivity index (χ0) is 17.9. The minimum Gasteiger partial charge on any atom is -0.496 e. The molecule has 2 rings (SSSR count). The normalized spacial score (nSPS) is 16.8. The van der Waals surface area contributed by atoms with Crippen molar-refractivity contribution in [3.8, 4) is 5.75 Å². The summed E-state index contributed by atoms with van der Waals surface area (Å²) in [5.74, 6) is -1.46. The van der Waals surface area contributed by atoms with Crippen LogP contribution < -0.4 is 4.74 Å². The zero-order valence-electron chi connectivity index (χ0n) is 13.5. The van der Waals surface area contributed by atoms with Crippen LogP contribution in [0, 0.1) is 0 Å². The molecule has 1 heterocycles. The summed E-state index contributed by atoms with van der Waals surface area (Å²) >= 11 is 5.96. The maximum Gasteiger partial charge on any atom is 0.323 e. The second kappa shape index (κ2) is 7.53. The first kappa shape index (κ1) is 18.1. The molecule has 0 radical (unpaired) electrons. The summed E-state index contributed by atoms with van der Waals surface area (Å²) in [7, 11) is 2.87. The Morgan fingerprint density at radius 3 is 2.75 bits per heavy atom. The van der Waals surface area contributed by atoms with Crippen molar-refractivity contribution < 1.29 is 24.2 Å². The van der Waals surface area contributed by atoms with Crippen molar-refractivity contribution in [1.29, 1.82) is 0 Å². The quantitative estimate of drug-likeness (QED) is 0.865. The zero-order valence-corrected chi connectivity index (χ0v) is 14.2. The van der Waals surface area contributed by atoms with E-state index < -0.39 is 18.6 Å². The number of methoxy groups -OCH3 is 1. The van der Waals surface area contributed by atoms with Gasteiger partial charge in [0.05, 0.1) is 12.7 Å². The summed E-state index contributed by atoms with van der Waals surface area (Å²) in [5, 5.41) is 9.21. The highest BCUT2D eigenvalue weighted by atomic mass is 35.5. The average molecular weight is 355 g/mol. The molecule has 8 heteroatoms. The lowest BCUT2D eigenvalue weighted by Gasteiger charge is -2.27. The number of ether oxygens (including phenoxy) is 1. The lowest BCUT2D eigenvalue weighted by Crippen LogP contribution is -2.47. The molecule has 0 saturated carbocycles. The lowest BCUT2D eigenvalue weighted by atomic mass is 10.1. The van der Waals surface area contributed by atoms with E-state index in [1.165, 1.54) is 25.1 Å². The van der Waals surface area contributed by atoms with Gasteiger partial charge in [0.2, 0.25) is 5.91 Å². The van der Waals surface area contributed by atoms with Crippen LogP contribution in [0.2, 0.25) is 5.02 Å². The number of amides is 2. The molecule has 1 atom stereocenters. The highest BCUT2D eigenvalue weighted by Crippen LogP contribution is 2.28. The molecular weight excluding hydrogens is 336 g/mol. The third-order valence-electron chi connectivity index (χ3n) is 3.94. The van der Waals surface area contributed by atoms with Crippen molar-refractivity contribution in [2.45, 2.75) is 18.9 Å². The van der Waals surface area contributed by atoms with Gasteiger partial charge >= 0.3 is 5.97 Å². The number of rotatable bonds is 5. The van der Waals surface area contributed by atoms with Crippen LogP contribution in [-0.2, 0) is 9.59 Å². The van der Waals surface area contributed by atoms with Gasteiger partial charge < -0.3 is 19.6 Å². The summed E-state index contributed by atoms with van der Waals surface area (Å²) in [6.07, 6.45) is 1.17. The molecule has 1 aliphatic rings. The van der Waals surface area contributed by atoms with Crippen LogP contribution in [0.4, 0.5) is 0 Å². The van der Waals surface area contributed by atoms with Crippen molar-refractivity contribution in [3.63, 3.8) is 0 Å². The third-order valence-corrected chi connectivity index (χ3v) is 4.17. The first-order valence-corrected chi connectivity index (χ1v) is 7.84. The van der Waals surface area contributed by atoms with Crippen LogP contribution in [0.15, 0.2) is 18.2 Å². The van der Waals surface area contributed by atoms with E-state index in [1.807, 2.05) is 0 Å². The van der Waals surface area contributed by atoms with Gasteiger partial charge in [-0.2, -0.15) is 0 Å². The predicted octanol–water partition coefficient (Wildman–Crippen LogP) is 1.50. The van der Waals surface area contributed by atoms with Gasteiger partial charge in [0.1, 0.15) is 18.3 Å². The molecule has 1 unspecified atom stereocenters. The number of likely N-dealkylation sites (tertiary alicyclic amines) is 1. The molecule has 0 bridgehead atoms. The molecule has 1 aromatic rings. The smallest absolute Gasteiger partial charge is 0.323 e. The number of carboxylic acid groups (broad SMARTS) is 1. The van der Waals surface area contributed by atoms with Gasteiger partial charge in [-0.05, 0) is 31.0 Å². The number of aliphatic carboxylic acids is 1. The molecule has 1 aliphatic heterocycles. The molecule has 1 fully saturated rings. The van der Waals surface area contributed by atoms with E-state index >= 15 is 0 Å². The summed E-state index contributed by atoms with van der Waals surface area (Å²) in [6, 6.07) is 4.04. The van der Waals surface area contributed by atoms with E-state index in [0.717, 1.165) is 4.90 Å². The van der Waals surface area contributed by atoms with Gasteiger partial charge in [-0.25, -0.2) is 0 Å². The minimum absolute atomic E-state index is 0.283. The van der Waals surface area contributed by atoms with E-state index in [0.29, 0.717) is 30.2 Å². The predicted molar refractivity (Wildman–Crippen MR) is 87.3 cm³/mol. The number of hydrogen-bond donors (Lipinski definition) is 1. The van der Waals surface area contributed by atoms with E-state index in [9.17, 15) is 14.4 Å². The standard InChI is InChI=1S/C16H19ClN2O5/c1-18(9-14(20)21)16(23)12-4-3-7-19(12)15(22)11-8-10(17)5-6-13(11)24-2/h5-6,8,12H,3-4,7,9H2,1-2H3,(H,20,21). The van der Waals surface area contributed by atoms with Crippen molar-refractivity contribution in [1.82, 2.24) is 9.80 Å². The SMILES string of the molecule is COc1ccc(Cl)cc1C(=O)N1CCCC1C(=O)N(C)CC(=O)O. The highest BCUT2D eigenvalue weighted by Gasteiger charge is 2.37. The number of halogens is 1. The van der Waals surface area contributed by atoms with Gasteiger partial charge in [-0.3, -0.25) is 14.4 Å². The van der Waals surface area contributed by atoms with E-state index in [1.54, 1.807) is 12.1 Å². The topological polar surface area (TPSA) is 87.2 Å². The second-order valence-electron chi connectivity index (χ2n) is 5.59. The summed E-state index contributed by atoms with van der Waals surface area (Å²) < 4.78 is 5.20. The molecule has 24 heavy (non-hydrogen) atoms. The van der Waals surface area contributed by atoms with Crippen molar-refractivity contribution >= 4 is 29.4 Å². The van der Waals surface area contributed by atoms with Crippen LogP contribution in [0.1, 0.15) is 23.2 Å². The Labute approximate surface area is 144 Å². The largest absolute Gasteiger partial charge is 0.496 e. The first-order valence-electron chi connectivity index (χ1n) is 7.46. The summed E-state index contributed by atoms with van der Waals surface area (Å²) in [4.78, 5) is 38.7. The minimum atomic E-state index is -1.10. The van der Waals surface area contributed by atoms with Gasteiger partial charge in [-0.1, -0.05) is 11.6 Å². The Morgan fingerprint density at radius 2 is 2.12 bits per heavy atom. The molecule has 2 amide bonds. The van der Waals surface area contributed by atoms with E-state index in [2.05, 4.69) is 0 Å². The number of carbonyl (C=O) groups excluding carboxylic acids is 2. The van der Waals surface area contributed by atoms with Gasteiger partial charge in [0.15, 0.2) is 0 Å². The van der Waals surface area contributed by atoms with Crippen LogP contribution in [0.25, 0.3) is 0 Å². The molecule has 0 aliphatic carbocycles. The van der Waals surface area contributed by atoms with Crippen molar-refractivity contribution in [2.24, 2.45) is 0 Å². The molecule has 7 nitrogen and oxygen atoms in total. The van der Waals surface area contributed by atoms with Crippen LogP contribution in [0.5, 0.6) is 5.75 Å². The number of carboxylic acids is 1. The fraction of sp³-hybridized carbons (Fsp3) is 0.438. The molecule has 0 aromatic heterocycles. The Balaban J connectivity index is 2.24. The fourth-order valence-electron chi connectivity index (χ4n) is 2.80. The number of hydrogen-bond acceptors (Lipinski definition) is 4. The highest BCUT2D eigenvalue weighted by molar-refractivity contribution is 6.31. The average Bonchev–Trinajstić information content (AvgIpc) is 3.02. The second-order valence-corrected chi connectivity index (χ2v) is 6.03. The van der Waals surface area contributed by atoms with Gasteiger partial charge in [-0.15, -0.1) is 0 Å². The number of benzene rings is 1. The molecule has 1 N–H and O–H groups in total. The van der Waals surface area contributed by atoms with Crippen LogP contribution in [-0.4, -0.2) is 66.0 Å². The third kappa shape index (κ3) is 3.79. The van der Waals surface area contributed by atoms with Crippen molar-refractivity contribution in [2.75, 3.05) is 27.2 Å². The molecule has 0 spiro atoms.